The van der Waals surface area contributed by atoms with Crippen molar-refractivity contribution < 1.29 is 9.18 Å². The van der Waals surface area contributed by atoms with Crippen LogP contribution in [0.5, 0.6) is 0 Å². The van der Waals surface area contributed by atoms with Gasteiger partial charge in [0, 0.05) is 6.54 Å². The van der Waals surface area contributed by atoms with Crippen LogP contribution in [0.4, 0.5) is 4.39 Å². The third kappa shape index (κ3) is 4.08. The standard InChI is InChI=1S/C11H15FN2O/c1-8(13)11(15)14-6-5-9-3-2-4-10(12)7-9/h2-4,7-8H,5-6,13H2,1H3,(H,14,15). The van der Waals surface area contributed by atoms with E-state index in [1.54, 1.807) is 13.0 Å². The topological polar surface area (TPSA) is 55.1 Å². The normalized spacial score (nSPS) is 12.2. The second-order valence-corrected chi connectivity index (χ2v) is 3.46. The predicted molar refractivity (Wildman–Crippen MR) is 56.8 cm³/mol. The Kier molecular flexibility index (Phi) is 4.24. The zero-order valence-corrected chi connectivity index (χ0v) is 8.66. The van der Waals surface area contributed by atoms with Crippen LogP contribution in [0.15, 0.2) is 24.3 Å². The van der Waals surface area contributed by atoms with Crippen molar-refractivity contribution in [2.45, 2.75) is 19.4 Å². The highest BCUT2D eigenvalue weighted by molar-refractivity contribution is 5.80. The van der Waals surface area contributed by atoms with Gasteiger partial charge < -0.3 is 11.1 Å². The molecule has 1 amide bonds. The molecule has 0 heterocycles. The molecule has 4 heteroatoms. The fourth-order valence-corrected chi connectivity index (χ4v) is 1.18. The zero-order valence-electron chi connectivity index (χ0n) is 8.66. The largest absolute Gasteiger partial charge is 0.354 e. The van der Waals surface area contributed by atoms with Crippen LogP contribution in [0, 0.1) is 5.82 Å². The first kappa shape index (κ1) is 11.7. The van der Waals surface area contributed by atoms with E-state index in [0.29, 0.717) is 13.0 Å². The highest BCUT2D eigenvalue weighted by atomic mass is 19.1. The molecule has 0 fully saturated rings. The molecule has 0 spiro atoms. The SMILES string of the molecule is CC(N)C(=O)NCCc1cccc(F)c1. The summed E-state index contributed by atoms with van der Waals surface area (Å²) in [6, 6.07) is 5.82. The Bertz CT molecular complexity index is 339. The zero-order chi connectivity index (χ0) is 11.3. The molecule has 1 aromatic rings. The summed E-state index contributed by atoms with van der Waals surface area (Å²) in [6.07, 6.45) is 0.607. The molecule has 0 aliphatic rings. The average molecular weight is 210 g/mol. The summed E-state index contributed by atoms with van der Waals surface area (Å²) >= 11 is 0. The molecule has 0 aliphatic carbocycles. The molecule has 3 nitrogen and oxygen atoms in total. The van der Waals surface area contributed by atoms with Gasteiger partial charge in [0.2, 0.25) is 5.91 Å². The maximum Gasteiger partial charge on any atom is 0.236 e. The number of nitrogens with two attached hydrogens (primary N) is 1. The Labute approximate surface area is 88.5 Å². The second kappa shape index (κ2) is 5.46. The highest BCUT2D eigenvalue weighted by Gasteiger charge is 2.05. The molecule has 1 rings (SSSR count). The van der Waals surface area contributed by atoms with E-state index in [4.69, 9.17) is 5.73 Å². The lowest BCUT2D eigenvalue weighted by molar-refractivity contribution is -0.121. The van der Waals surface area contributed by atoms with Crippen molar-refractivity contribution in [3.8, 4) is 0 Å². The molecule has 3 N–H and O–H groups in total. The fourth-order valence-electron chi connectivity index (χ4n) is 1.18. The molecular formula is C11H15FN2O. The predicted octanol–water partition coefficient (Wildman–Crippen LogP) is 0.832. The number of carbonyl (C=O) groups is 1. The molecule has 1 atom stereocenters. The van der Waals surface area contributed by atoms with Crippen LogP contribution in [0.3, 0.4) is 0 Å². The van der Waals surface area contributed by atoms with Gasteiger partial charge in [-0.05, 0) is 31.0 Å². The molecule has 0 saturated heterocycles. The summed E-state index contributed by atoms with van der Waals surface area (Å²) in [5, 5.41) is 2.66. The molecular weight excluding hydrogens is 195 g/mol. The molecule has 0 radical (unpaired) electrons. The van der Waals surface area contributed by atoms with Gasteiger partial charge >= 0.3 is 0 Å². The lowest BCUT2D eigenvalue weighted by atomic mass is 10.1. The van der Waals surface area contributed by atoms with Gasteiger partial charge in [0.25, 0.3) is 0 Å². The average Bonchev–Trinajstić information content (AvgIpc) is 2.17. The Morgan fingerprint density at radius 1 is 1.60 bits per heavy atom. The number of nitrogens with one attached hydrogen (secondary N) is 1. The van der Waals surface area contributed by atoms with Crippen LogP contribution in [0.25, 0.3) is 0 Å². The molecule has 1 aromatic carbocycles. The van der Waals surface area contributed by atoms with Gasteiger partial charge in [0.05, 0.1) is 6.04 Å². The molecule has 0 saturated carbocycles. The summed E-state index contributed by atoms with van der Waals surface area (Å²) in [4.78, 5) is 11.1. The van der Waals surface area contributed by atoms with Gasteiger partial charge in [-0.2, -0.15) is 0 Å². The van der Waals surface area contributed by atoms with Crippen LogP contribution in [-0.4, -0.2) is 18.5 Å². The molecule has 1 unspecified atom stereocenters. The van der Waals surface area contributed by atoms with Crippen molar-refractivity contribution in [2.75, 3.05) is 6.54 Å². The lowest BCUT2D eigenvalue weighted by Gasteiger charge is -2.07. The van der Waals surface area contributed by atoms with Gasteiger partial charge in [0.15, 0.2) is 0 Å². The van der Waals surface area contributed by atoms with Crippen molar-refractivity contribution in [2.24, 2.45) is 5.73 Å². The maximum absolute atomic E-state index is 12.8. The smallest absolute Gasteiger partial charge is 0.236 e. The quantitative estimate of drug-likeness (QED) is 0.773. The van der Waals surface area contributed by atoms with E-state index in [9.17, 15) is 9.18 Å². The fraction of sp³-hybridized carbons (Fsp3) is 0.364. The van der Waals surface area contributed by atoms with Crippen molar-refractivity contribution in [3.05, 3.63) is 35.6 Å². The summed E-state index contributed by atoms with van der Waals surface area (Å²) in [5.74, 6) is -0.447. The number of carbonyl (C=O) groups excluding carboxylic acids is 1. The van der Waals surface area contributed by atoms with E-state index in [0.717, 1.165) is 5.56 Å². The van der Waals surface area contributed by atoms with Crippen molar-refractivity contribution in [1.82, 2.24) is 5.32 Å². The molecule has 15 heavy (non-hydrogen) atoms. The molecule has 0 aliphatic heterocycles. The minimum Gasteiger partial charge on any atom is -0.354 e. The Morgan fingerprint density at radius 3 is 2.93 bits per heavy atom. The van der Waals surface area contributed by atoms with Crippen LogP contribution >= 0.6 is 0 Å². The number of hydrogen-bond acceptors (Lipinski definition) is 2. The van der Waals surface area contributed by atoms with E-state index in [1.165, 1.54) is 12.1 Å². The Morgan fingerprint density at radius 2 is 2.33 bits per heavy atom. The Hall–Kier alpha value is -1.42. The summed E-state index contributed by atoms with van der Waals surface area (Å²) in [6.45, 7) is 2.10. The molecule has 0 aromatic heterocycles. The van der Waals surface area contributed by atoms with E-state index >= 15 is 0 Å². The minimum atomic E-state index is -0.502. The van der Waals surface area contributed by atoms with Gasteiger partial charge in [-0.1, -0.05) is 12.1 Å². The minimum absolute atomic E-state index is 0.189. The first-order chi connectivity index (χ1) is 7.09. The number of halogens is 1. The summed E-state index contributed by atoms with van der Waals surface area (Å²) in [7, 11) is 0. The van der Waals surface area contributed by atoms with Crippen LogP contribution in [0.2, 0.25) is 0 Å². The van der Waals surface area contributed by atoms with E-state index in [2.05, 4.69) is 5.32 Å². The number of benzene rings is 1. The third-order valence-electron chi connectivity index (χ3n) is 2.02. The third-order valence-corrected chi connectivity index (χ3v) is 2.02. The van der Waals surface area contributed by atoms with Gasteiger partial charge in [0.1, 0.15) is 5.82 Å². The van der Waals surface area contributed by atoms with Crippen LogP contribution in [0.1, 0.15) is 12.5 Å². The van der Waals surface area contributed by atoms with E-state index in [-0.39, 0.29) is 11.7 Å². The Balaban J connectivity index is 2.35. The van der Waals surface area contributed by atoms with Gasteiger partial charge in [-0.15, -0.1) is 0 Å². The van der Waals surface area contributed by atoms with Crippen LogP contribution in [-0.2, 0) is 11.2 Å². The van der Waals surface area contributed by atoms with E-state index in [1.807, 2.05) is 6.07 Å². The first-order valence-corrected chi connectivity index (χ1v) is 4.87. The number of hydrogen-bond donors (Lipinski definition) is 2. The summed E-state index contributed by atoms with van der Waals surface area (Å²) < 4.78 is 12.8. The van der Waals surface area contributed by atoms with Crippen molar-refractivity contribution >= 4 is 5.91 Å². The first-order valence-electron chi connectivity index (χ1n) is 4.87. The van der Waals surface area contributed by atoms with Crippen molar-refractivity contribution in [1.29, 1.82) is 0 Å². The molecule has 82 valence electrons. The monoisotopic (exact) mass is 210 g/mol. The number of rotatable bonds is 4. The maximum atomic E-state index is 12.8. The second-order valence-electron chi connectivity index (χ2n) is 3.46. The van der Waals surface area contributed by atoms with Crippen molar-refractivity contribution in [3.63, 3.8) is 0 Å². The van der Waals surface area contributed by atoms with E-state index < -0.39 is 6.04 Å². The lowest BCUT2D eigenvalue weighted by Crippen LogP contribution is -2.39. The highest BCUT2D eigenvalue weighted by Crippen LogP contribution is 2.03. The number of amides is 1. The molecule has 0 bridgehead atoms. The van der Waals surface area contributed by atoms with Gasteiger partial charge in [-0.25, -0.2) is 4.39 Å². The summed E-state index contributed by atoms with van der Waals surface area (Å²) in [5.41, 5.74) is 6.23. The van der Waals surface area contributed by atoms with Crippen LogP contribution < -0.4 is 11.1 Å². The van der Waals surface area contributed by atoms with Gasteiger partial charge in [-0.3, -0.25) is 4.79 Å².